The molecule has 1 aromatic rings. The lowest BCUT2D eigenvalue weighted by Gasteiger charge is -2.31. The number of rotatable bonds is 2. The maximum absolute atomic E-state index is 12.5. The number of amides is 2. The van der Waals surface area contributed by atoms with E-state index in [0.717, 1.165) is 21.9 Å². The third-order valence-electron chi connectivity index (χ3n) is 4.06. The second-order valence-corrected chi connectivity index (χ2v) is 7.60. The van der Waals surface area contributed by atoms with Crippen molar-refractivity contribution in [2.75, 3.05) is 25.4 Å². The molecule has 2 aliphatic heterocycles. The first-order valence-electron chi connectivity index (χ1n) is 7.66. The lowest BCUT2D eigenvalue weighted by Crippen LogP contribution is -2.43. The standard InChI is InChI=1S/C16H18BrN3O2S/c17-13-3-1-12(2-4-13)15(22)20-8-5-11(6-9-20)14(21)19-16-18-7-10-23-16/h1-4,11H,5-10H2,(H,18,19,21). The second kappa shape index (κ2) is 7.49. The van der Waals surface area contributed by atoms with Gasteiger partial charge in [0.25, 0.3) is 5.91 Å². The van der Waals surface area contributed by atoms with E-state index >= 15 is 0 Å². The molecule has 3 rings (SSSR count). The molecule has 2 heterocycles. The van der Waals surface area contributed by atoms with Gasteiger partial charge in [0.05, 0.1) is 6.54 Å². The van der Waals surface area contributed by atoms with Crippen molar-refractivity contribution in [3.8, 4) is 0 Å². The fourth-order valence-electron chi connectivity index (χ4n) is 2.74. The minimum absolute atomic E-state index is 0.0343. The first-order chi connectivity index (χ1) is 11.1. The molecule has 1 saturated heterocycles. The van der Waals surface area contributed by atoms with Crippen LogP contribution in [-0.2, 0) is 4.79 Å². The van der Waals surface area contributed by atoms with E-state index in [-0.39, 0.29) is 17.7 Å². The topological polar surface area (TPSA) is 61.8 Å². The van der Waals surface area contributed by atoms with Gasteiger partial charge >= 0.3 is 0 Å². The zero-order valence-corrected chi connectivity index (χ0v) is 15.0. The fraction of sp³-hybridized carbons (Fsp3) is 0.438. The zero-order chi connectivity index (χ0) is 16.2. The van der Waals surface area contributed by atoms with E-state index < -0.39 is 0 Å². The highest BCUT2D eigenvalue weighted by Gasteiger charge is 2.28. The van der Waals surface area contributed by atoms with Gasteiger partial charge in [-0.3, -0.25) is 14.6 Å². The van der Waals surface area contributed by atoms with Crippen molar-refractivity contribution < 1.29 is 9.59 Å². The summed E-state index contributed by atoms with van der Waals surface area (Å²) in [5.74, 6) is 0.976. The Balaban J connectivity index is 1.52. The Bertz CT molecular complexity index is 625. The molecule has 1 fully saturated rings. The highest BCUT2D eigenvalue weighted by Crippen LogP contribution is 2.21. The van der Waals surface area contributed by atoms with Crippen LogP contribution in [0.5, 0.6) is 0 Å². The Labute approximate surface area is 148 Å². The average molecular weight is 396 g/mol. The van der Waals surface area contributed by atoms with Crippen LogP contribution in [0.15, 0.2) is 33.7 Å². The third-order valence-corrected chi connectivity index (χ3v) is 5.48. The molecule has 7 heteroatoms. The Morgan fingerprint density at radius 1 is 1.22 bits per heavy atom. The van der Waals surface area contributed by atoms with Crippen molar-refractivity contribution in [1.29, 1.82) is 0 Å². The number of halogens is 1. The SMILES string of the molecule is O=C(NC1=NCCS1)C1CCN(C(=O)c2ccc(Br)cc2)CC1. The molecule has 122 valence electrons. The third kappa shape index (κ3) is 4.14. The van der Waals surface area contributed by atoms with Crippen molar-refractivity contribution in [3.05, 3.63) is 34.3 Å². The maximum Gasteiger partial charge on any atom is 0.253 e. The summed E-state index contributed by atoms with van der Waals surface area (Å²) in [5.41, 5.74) is 0.688. The molecule has 0 spiro atoms. The number of nitrogens with zero attached hydrogens (tertiary/aromatic N) is 2. The highest BCUT2D eigenvalue weighted by molar-refractivity contribution is 9.10. The van der Waals surface area contributed by atoms with Gasteiger partial charge in [0.2, 0.25) is 5.91 Å². The van der Waals surface area contributed by atoms with Crippen molar-refractivity contribution in [3.63, 3.8) is 0 Å². The van der Waals surface area contributed by atoms with E-state index in [2.05, 4.69) is 26.2 Å². The van der Waals surface area contributed by atoms with E-state index in [4.69, 9.17) is 0 Å². The van der Waals surface area contributed by atoms with Gasteiger partial charge in [-0.1, -0.05) is 27.7 Å². The van der Waals surface area contributed by atoms with Gasteiger partial charge in [-0.05, 0) is 37.1 Å². The van der Waals surface area contributed by atoms with Crippen LogP contribution in [0.4, 0.5) is 0 Å². The Morgan fingerprint density at radius 2 is 1.91 bits per heavy atom. The zero-order valence-electron chi connectivity index (χ0n) is 12.6. The number of carbonyl (C=O) groups is 2. The Kier molecular flexibility index (Phi) is 5.38. The van der Waals surface area contributed by atoms with Crippen LogP contribution >= 0.6 is 27.7 Å². The summed E-state index contributed by atoms with van der Waals surface area (Å²) in [6, 6.07) is 7.38. The van der Waals surface area contributed by atoms with E-state index in [1.165, 1.54) is 0 Å². The number of likely N-dealkylation sites (tertiary alicyclic amines) is 1. The van der Waals surface area contributed by atoms with Crippen molar-refractivity contribution >= 4 is 44.7 Å². The molecule has 0 bridgehead atoms. The number of thioether (sulfide) groups is 1. The molecule has 0 atom stereocenters. The second-order valence-electron chi connectivity index (χ2n) is 5.60. The first-order valence-corrected chi connectivity index (χ1v) is 9.44. The number of aliphatic imine (C=N–C) groups is 1. The van der Waals surface area contributed by atoms with Gasteiger partial charge in [0, 0.05) is 34.8 Å². The molecule has 0 aliphatic carbocycles. The van der Waals surface area contributed by atoms with Crippen LogP contribution in [0.3, 0.4) is 0 Å². The molecule has 0 saturated carbocycles. The molecule has 0 unspecified atom stereocenters. The average Bonchev–Trinajstić information content (AvgIpc) is 3.08. The van der Waals surface area contributed by atoms with E-state index in [0.29, 0.717) is 31.5 Å². The van der Waals surface area contributed by atoms with Crippen molar-refractivity contribution in [1.82, 2.24) is 10.2 Å². The number of benzene rings is 1. The summed E-state index contributed by atoms with van der Waals surface area (Å²) < 4.78 is 0.956. The van der Waals surface area contributed by atoms with E-state index in [1.807, 2.05) is 29.2 Å². The number of hydrogen-bond acceptors (Lipinski definition) is 4. The number of nitrogens with one attached hydrogen (secondary N) is 1. The van der Waals surface area contributed by atoms with Crippen LogP contribution < -0.4 is 5.32 Å². The number of piperidine rings is 1. The quantitative estimate of drug-likeness (QED) is 0.836. The molecular formula is C16H18BrN3O2S. The van der Waals surface area contributed by atoms with Crippen molar-refractivity contribution in [2.24, 2.45) is 10.9 Å². The molecule has 1 N–H and O–H groups in total. The summed E-state index contributed by atoms with van der Waals surface area (Å²) in [4.78, 5) is 30.7. The maximum atomic E-state index is 12.5. The predicted molar refractivity (Wildman–Crippen MR) is 95.7 cm³/mol. The minimum atomic E-state index is -0.0344. The van der Waals surface area contributed by atoms with Crippen LogP contribution in [0, 0.1) is 5.92 Å². The summed E-state index contributed by atoms with van der Waals surface area (Å²) in [6.45, 7) is 2.01. The number of hydrogen-bond donors (Lipinski definition) is 1. The predicted octanol–water partition coefficient (Wildman–Crippen LogP) is 2.52. The molecule has 1 aromatic carbocycles. The molecule has 5 nitrogen and oxygen atoms in total. The normalized spacial score (nSPS) is 18.7. The highest BCUT2D eigenvalue weighted by atomic mass is 79.9. The van der Waals surface area contributed by atoms with Gasteiger partial charge in [-0.25, -0.2) is 0 Å². The van der Waals surface area contributed by atoms with Gasteiger partial charge in [0.15, 0.2) is 5.17 Å². The van der Waals surface area contributed by atoms with Gasteiger partial charge in [-0.2, -0.15) is 0 Å². The molecule has 2 amide bonds. The monoisotopic (exact) mass is 395 g/mol. The lowest BCUT2D eigenvalue weighted by atomic mass is 9.95. The minimum Gasteiger partial charge on any atom is -0.339 e. The largest absolute Gasteiger partial charge is 0.339 e. The number of carbonyl (C=O) groups excluding carboxylic acids is 2. The summed E-state index contributed by atoms with van der Waals surface area (Å²) in [7, 11) is 0. The molecule has 0 radical (unpaired) electrons. The molecule has 0 aromatic heterocycles. The van der Waals surface area contributed by atoms with Gasteiger partial charge in [-0.15, -0.1) is 0 Å². The molecular weight excluding hydrogens is 378 g/mol. The van der Waals surface area contributed by atoms with Crippen LogP contribution in [0.1, 0.15) is 23.2 Å². The van der Waals surface area contributed by atoms with E-state index in [9.17, 15) is 9.59 Å². The number of amidine groups is 1. The Morgan fingerprint density at radius 3 is 2.52 bits per heavy atom. The van der Waals surface area contributed by atoms with Gasteiger partial charge in [0.1, 0.15) is 0 Å². The molecule has 2 aliphatic rings. The van der Waals surface area contributed by atoms with Crippen LogP contribution in [-0.4, -0.2) is 47.3 Å². The first kappa shape index (κ1) is 16.5. The molecule has 23 heavy (non-hydrogen) atoms. The van der Waals surface area contributed by atoms with Gasteiger partial charge < -0.3 is 10.2 Å². The summed E-state index contributed by atoms with van der Waals surface area (Å²) in [5, 5.41) is 3.64. The fourth-order valence-corrected chi connectivity index (χ4v) is 3.73. The van der Waals surface area contributed by atoms with E-state index in [1.54, 1.807) is 11.8 Å². The summed E-state index contributed by atoms with van der Waals surface area (Å²) >= 11 is 4.96. The van der Waals surface area contributed by atoms with Crippen LogP contribution in [0.25, 0.3) is 0 Å². The summed E-state index contributed by atoms with van der Waals surface area (Å²) in [6.07, 6.45) is 1.40. The lowest BCUT2D eigenvalue weighted by molar-refractivity contribution is -0.124. The Hall–Kier alpha value is -1.34. The van der Waals surface area contributed by atoms with Crippen LogP contribution in [0.2, 0.25) is 0 Å². The smallest absolute Gasteiger partial charge is 0.253 e. The van der Waals surface area contributed by atoms with Crippen molar-refractivity contribution in [2.45, 2.75) is 12.8 Å².